The zero-order valence-electron chi connectivity index (χ0n) is 13.1. The SMILES string of the molecule is Cl.Cl.O=C(O)[C@@H]1CN(C(=O)c2nccc3ccccc23)C[C@H]1C(F)(F)F. The van der Waals surface area contributed by atoms with Crippen LogP contribution in [0.15, 0.2) is 36.5 Å². The van der Waals surface area contributed by atoms with Crippen molar-refractivity contribution in [1.82, 2.24) is 9.88 Å². The predicted octanol–water partition coefficient (Wildman–Crippen LogP) is 3.41. The molecular weight excluding hydrogens is 396 g/mol. The van der Waals surface area contributed by atoms with Gasteiger partial charge < -0.3 is 10.0 Å². The van der Waals surface area contributed by atoms with E-state index in [1.165, 1.54) is 6.20 Å². The van der Waals surface area contributed by atoms with Gasteiger partial charge in [0.25, 0.3) is 5.91 Å². The molecule has 1 N–H and O–H groups in total. The summed E-state index contributed by atoms with van der Waals surface area (Å²) in [6, 6.07) is 8.57. The van der Waals surface area contributed by atoms with Gasteiger partial charge in [-0.3, -0.25) is 14.6 Å². The van der Waals surface area contributed by atoms with E-state index in [0.717, 1.165) is 10.3 Å². The zero-order valence-corrected chi connectivity index (χ0v) is 14.8. The summed E-state index contributed by atoms with van der Waals surface area (Å²) in [5.41, 5.74) is 0.0278. The molecule has 2 aromatic rings. The van der Waals surface area contributed by atoms with Crippen molar-refractivity contribution in [2.24, 2.45) is 11.8 Å². The second-order valence-electron chi connectivity index (χ2n) is 5.68. The molecule has 1 aromatic heterocycles. The molecule has 1 amide bonds. The number of hydrogen-bond donors (Lipinski definition) is 1. The Morgan fingerprint density at radius 3 is 2.35 bits per heavy atom. The maximum atomic E-state index is 13.0. The van der Waals surface area contributed by atoms with E-state index < -0.39 is 43.0 Å². The minimum absolute atomic E-state index is 0. The first-order valence-electron chi connectivity index (χ1n) is 7.21. The Morgan fingerprint density at radius 1 is 1.12 bits per heavy atom. The van der Waals surface area contributed by atoms with Crippen molar-refractivity contribution in [2.45, 2.75) is 6.18 Å². The Labute approximate surface area is 159 Å². The minimum Gasteiger partial charge on any atom is -0.481 e. The third-order valence-corrected chi connectivity index (χ3v) is 4.22. The number of halogens is 5. The lowest BCUT2D eigenvalue weighted by molar-refractivity contribution is -0.187. The maximum Gasteiger partial charge on any atom is 0.394 e. The van der Waals surface area contributed by atoms with Crippen LogP contribution in [-0.2, 0) is 4.79 Å². The van der Waals surface area contributed by atoms with Crippen LogP contribution in [0.1, 0.15) is 10.5 Å². The van der Waals surface area contributed by atoms with E-state index >= 15 is 0 Å². The number of rotatable bonds is 2. The third kappa shape index (κ3) is 4.02. The first-order valence-corrected chi connectivity index (χ1v) is 7.21. The molecule has 0 unspecified atom stereocenters. The summed E-state index contributed by atoms with van der Waals surface area (Å²) in [4.78, 5) is 28.6. The molecule has 1 aromatic carbocycles. The van der Waals surface area contributed by atoms with Crippen LogP contribution in [0.2, 0.25) is 0 Å². The molecule has 1 saturated heterocycles. The van der Waals surface area contributed by atoms with Gasteiger partial charge in [0.1, 0.15) is 5.69 Å². The lowest BCUT2D eigenvalue weighted by Crippen LogP contribution is -2.34. The molecular formula is C16H15Cl2F3N2O3. The van der Waals surface area contributed by atoms with Crippen molar-refractivity contribution in [3.8, 4) is 0 Å². The van der Waals surface area contributed by atoms with Gasteiger partial charge in [-0.15, -0.1) is 24.8 Å². The van der Waals surface area contributed by atoms with Crippen LogP contribution in [-0.4, -0.2) is 46.1 Å². The maximum absolute atomic E-state index is 13.0. The van der Waals surface area contributed by atoms with Crippen molar-refractivity contribution in [1.29, 1.82) is 0 Å². The van der Waals surface area contributed by atoms with Gasteiger partial charge in [0.15, 0.2) is 0 Å². The molecule has 1 aliphatic rings. The van der Waals surface area contributed by atoms with Gasteiger partial charge >= 0.3 is 12.1 Å². The van der Waals surface area contributed by atoms with Gasteiger partial charge in [0, 0.05) is 24.7 Å². The van der Waals surface area contributed by atoms with E-state index in [9.17, 15) is 22.8 Å². The normalized spacial score (nSPS) is 19.6. The van der Waals surface area contributed by atoms with Crippen LogP contribution in [0.25, 0.3) is 10.8 Å². The van der Waals surface area contributed by atoms with Crippen LogP contribution in [0.3, 0.4) is 0 Å². The largest absolute Gasteiger partial charge is 0.481 e. The van der Waals surface area contributed by atoms with E-state index in [-0.39, 0.29) is 30.5 Å². The van der Waals surface area contributed by atoms with Crippen molar-refractivity contribution in [3.05, 3.63) is 42.2 Å². The molecule has 10 heteroatoms. The van der Waals surface area contributed by atoms with Crippen molar-refractivity contribution in [2.75, 3.05) is 13.1 Å². The summed E-state index contributed by atoms with van der Waals surface area (Å²) in [6.07, 6.45) is -3.27. The molecule has 142 valence electrons. The molecule has 5 nitrogen and oxygen atoms in total. The number of hydrogen-bond acceptors (Lipinski definition) is 3. The Kier molecular flexibility index (Phi) is 6.84. The van der Waals surface area contributed by atoms with Crippen LogP contribution in [0, 0.1) is 11.8 Å². The van der Waals surface area contributed by atoms with Crippen LogP contribution in [0.4, 0.5) is 13.2 Å². The predicted molar refractivity (Wildman–Crippen MR) is 92.8 cm³/mol. The van der Waals surface area contributed by atoms with Gasteiger partial charge in [-0.05, 0) is 11.5 Å². The first kappa shape index (κ1) is 22.0. The topological polar surface area (TPSA) is 70.5 Å². The molecule has 1 fully saturated rings. The number of nitrogens with zero attached hydrogens (tertiary/aromatic N) is 2. The molecule has 3 rings (SSSR count). The van der Waals surface area contributed by atoms with Crippen molar-refractivity contribution >= 4 is 47.5 Å². The molecule has 2 atom stereocenters. The lowest BCUT2D eigenvalue weighted by atomic mass is 9.96. The number of aromatic nitrogens is 1. The molecule has 1 aliphatic heterocycles. The van der Waals surface area contributed by atoms with E-state index in [0.29, 0.717) is 5.39 Å². The number of carbonyl (C=O) groups is 2. The molecule has 0 radical (unpaired) electrons. The fourth-order valence-corrected chi connectivity index (χ4v) is 2.99. The number of pyridine rings is 1. The summed E-state index contributed by atoms with van der Waals surface area (Å²) >= 11 is 0. The molecule has 26 heavy (non-hydrogen) atoms. The fourth-order valence-electron chi connectivity index (χ4n) is 2.99. The second kappa shape index (κ2) is 8.09. The number of carboxylic acid groups (broad SMARTS) is 1. The smallest absolute Gasteiger partial charge is 0.394 e. The summed E-state index contributed by atoms with van der Waals surface area (Å²) in [6.45, 7) is -1.16. The molecule has 0 bridgehead atoms. The van der Waals surface area contributed by atoms with E-state index in [1.807, 2.05) is 0 Å². The summed E-state index contributed by atoms with van der Waals surface area (Å²) in [5, 5.41) is 10.3. The highest BCUT2D eigenvalue weighted by molar-refractivity contribution is 6.05. The highest BCUT2D eigenvalue weighted by Crippen LogP contribution is 2.38. The number of benzene rings is 1. The Balaban J connectivity index is 0.00000169. The quantitative estimate of drug-likeness (QED) is 0.823. The van der Waals surface area contributed by atoms with Crippen LogP contribution >= 0.6 is 24.8 Å². The average Bonchev–Trinajstić information content (AvgIpc) is 2.99. The standard InChI is InChI=1S/C16H13F3N2O3.2ClH/c17-16(18,19)12-8-21(7-11(12)15(23)24)14(22)13-10-4-2-1-3-9(10)5-6-20-13;;/h1-6,11-12H,7-8H2,(H,23,24);2*1H/t11-,12-;;/m1../s1. The molecule has 2 heterocycles. The summed E-state index contributed by atoms with van der Waals surface area (Å²) in [7, 11) is 0. The number of aliphatic carboxylic acids is 1. The number of fused-ring (bicyclic) bond motifs is 1. The fraction of sp³-hybridized carbons (Fsp3) is 0.312. The number of amides is 1. The Morgan fingerprint density at radius 2 is 1.77 bits per heavy atom. The van der Waals surface area contributed by atoms with E-state index in [1.54, 1.807) is 30.3 Å². The minimum atomic E-state index is -4.68. The van der Waals surface area contributed by atoms with Crippen LogP contribution < -0.4 is 0 Å². The zero-order chi connectivity index (χ0) is 17.5. The first-order chi connectivity index (χ1) is 11.3. The lowest BCUT2D eigenvalue weighted by Gasteiger charge is -2.18. The number of alkyl halides is 3. The molecule has 0 saturated carbocycles. The number of carboxylic acids is 1. The van der Waals surface area contributed by atoms with Crippen molar-refractivity contribution in [3.63, 3.8) is 0 Å². The van der Waals surface area contributed by atoms with Gasteiger partial charge in [-0.2, -0.15) is 13.2 Å². The second-order valence-corrected chi connectivity index (χ2v) is 5.68. The van der Waals surface area contributed by atoms with E-state index in [4.69, 9.17) is 5.11 Å². The van der Waals surface area contributed by atoms with Crippen molar-refractivity contribution < 1.29 is 27.9 Å². The Bertz CT molecular complexity index is 811. The van der Waals surface area contributed by atoms with Gasteiger partial charge in [-0.25, -0.2) is 0 Å². The average molecular weight is 411 g/mol. The van der Waals surface area contributed by atoms with Gasteiger partial charge in [-0.1, -0.05) is 24.3 Å². The third-order valence-electron chi connectivity index (χ3n) is 4.22. The Hall–Kier alpha value is -2.06. The molecule has 0 aliphatic carbocycles. The number of likely N-dealkylation sites (tertiary alicyclic amines) is 1. The van der Waals surface area contributed by atoms with Gasteiger partial charge in [0.2, 0.25) is 0 Å². The molecule has 0 spiro atoms. The summed E-state index contributed by atoms with van der Waals surface area (Å²) in [5.74, 6) is -5.99. The monoisotopic (exact) mass is 410 g/mol. The van der Waals surface area contributed by atoms with Crippen LogP contribution in [0.5, 0.6) is 0 Å². The number of carbonyl (C=O) groups excluding carboxylic acids is 1. The highest BCUT2D eigenvalue weighted by Gasteiger charge is 2.53. The van der Waals surface area contributed by atoms with Gasteiger partial charge in [0.05, 0.1) is 11.8 Å². The van der Waals surface area contributed by atoms with E-state index in [2.05, 4.69) is 4.98 Å². The summed E-state index contributed by atoms with van der Waals surface area (Å²) < 4.78 is 39.1. The highest BCUT2D eigenvalue weighted by atomic mass is 35.5.